The van der Waals surface area contributed by atoms with Crippen molar-refractivity contribution in [3.8, 4) is 5.75 Å². The van der Waals surface area contributed by atoms with Crippen molar-refractivity contribution in [3.63, 3.8) is 0 Å². The van der Waals surface area contributed by atoms with Crippen LogP contribution in [0.25, 0.3) is 17.1 Å². The summed E-state index contributed by atoms with van der Waals surface area (Å²) in [4.78, 5) is 29.4. The first-order valence-electron chi connectivity index (χ1n) is 11.6. The first kappa shape index (κ1) is 23.8. The number of benzene rings is 2. The highest BCUT2D eigenvalue weighted by Crippen LogP contribution is 2.33. The Morgan fingerprint density at radius 3 is 2.28 bits per heavy atom. The summed E-state index contributed by atoms with van der Waals surface area (Å²) in [6.07, 6.45) is -0.140. The third-order valence-electron chi connectivity index (χ3n) is 6.75. The largest absolute Gasteiger partial charge is 0.573 e. The van der Waals surface area contributed by atoms with Crippen LogP contribution in [0.15, 0.2) is 53.2 Å². The van der Waals surface area contributed by atoms with Crippen LogP contribution in [0.2, 0.25) is 0 Å². The Hall–Kier alpha value is -3.89. The number of likely N-dealkylation sites (tertiary alicyclic amines) is 2. The van der Waals surface area contributed by atoms with Gasteiger partial charge in [0.2, 0.25) is 5.91 Å². The van der Waals surface area contributed by atoms with Gasteiger partial charge >= 0.3 is 6.36 Å². The van der Waals surface area contributed by atoms with E-state index in [-0.39, 0.29) is 17.6 Å². The summed E-state index contributed by atoms with van der Waals surface area (Å²) < 4.78 is 45.4. The Labute approximate surface area is 204 Å². The lowest BCUT2D eigenvalue weighted by Gasteiger charge is -2.21. The average Bonchev–Trinajstić information content (AvgIpc) is 3.44. The molecule has 2 aliphatic rings. The summed E-state index contributed by atoms with van der Waals surface area (Å²) in [5.74, 6) is 0.125. The summed E-state index contributed by atoms with van der Waals surface area (Å²) >= 11 is 0. The molecule has 2 amide bonds. The molecule has 0 aliphatic carbocycles. The molecule has 0 bridgehead atoms. The summed E-state index contributed by atoms with van der Waals surface area (Å²) in [6, 6.07) is 10.5. The number of halogens is 3. The third kappa shape index (κ3) is 5.34. The van der Waals surface area contributed by atoms with E-state index in [4.69, 9.17) is 4.63 Å². The van der Waals surface area contributed by atoms with E-state index < -0.39 is 6.36 Å². The second kappa shape index (κ2) is 9.63. The minimum Gasteiger partial charge on any atom is -0.406 e. The summed E-state index contributed by atoms with van der Waals surface area (Å²) in [5.41, 5.74) is 2.29. The lowest BCUT2D eigenvalue weighted by atomic mass is 9.92. The van der Waals surface area contributed by atoms with Gasteiger partial charge in [-0.25, -0.2) is 4.63 Å². The SMILES string of the molecule is O=C(/C=C/c1ccc(OC(F)(F)F)cc1)N1CC[C@@H]2CN(C(=O)c3ccc4nonc4c3)C[C@@H]2CC1. The van der Waals surface area contributed by atoms with Crippen LogP contribution in [0.4, 0.5) is 13.2 Å². The van der Waals surface area contributed by atoms with Gasteiger partial charge in [0.1, 0.15) is 16.8 Å². The van der Waals surface area contributed by atoms with Crippen LogP contribution < -0.4 is 4.74 Å². The van der Waals surface area contributed by atoms with Gasteiger partial charge in [-0.2, -0.15) is 0 Å². The molecule has 2 fully saturated rings. The van der Waals surface area contributed by atoms with E-state index in [1.165, 1.54) is 30.3 Å². The highest BCUT2D eigenvalue weighted by atomic mass is 19.4. The number of rotatable bonds is 4. The first-order valence-corrected chi connectivity index (χ1v) is 11.6. The van der Waals surface area contributed by atoms with Gasteiger partial charge < -0.3 is 14.5 Å². The molecule has 188 valence electrons. The van der Waals surface area contributed by atoms with Crippen molar-refractivity contribution in [2.45, 2.75) is 19.2 Å². The number of fused-ring (bicyclic) bond motifs is 2. The molecule has 0 N–H and O–H groups in total. The number of amides is 2. The lowest BCUT2D eigenvalue weighted by molar-refractivity contribution is -0.274. The Morgan fingerprint density at radius 2 is 1.61 bits per heavy atom. The van der Waals surface area contributed by atoms with E-state index in [0.29, 0.717) is 60.2 Å². The van der Waals surface area contributed by atoms with E-state index in [1.807, 2.05) is 4.90 Å². The predicted octanol–water partition coefficient (Wildman–Crippen LogP) is 4.15. The number of carbonyl (C=O) groups excluding carboxylic acids is 2. The molecular weight excluding hydrogens is 477 g/mol. The number of hydrogen-bond donors (Lipinski definition) is 0. The van der Waals surface area contributed by atoms with Crippen LogP contribution in [0, 0.1) is 11.8 Å². The smallest absolute Gasteiger partial charge is 0.406 e. The molecule has 0 radical (unpaired) electrons. The van der Waals surface area contributed by atoms with E-state index in [2.05, 4.69) is 15.1 Å². The average molecular weight is 500 g/mol. The molecular formula is C25H23F3N4O4. The van der Waals surface area contributed by atoms with Gasteiger partial charge in [-0.05, 0) is 77.0 Å². The van der Waals surface area contributed by atoms with E-state index in [1.54, 1.807) is 29.2 Å². The summed E-state index contributed by atoms with van der Waals surface area (Å²) in [6.45, 7) is 2.45. The minimum absolute atomic E-state index is 0.0458. The number of aromatic nitrogens is 2. The van der Waals surface area contributed by atoms with Crippen LogP contribution in [-0.4, -0.2) is 64.5 Å². The molecule has 8 nitrogen and oxygen atoms in total. The van der Waals surface area contributed by atoms with Crippen molar-refractivity contribution in [3.05, 3.63) is 59.7 Å². The fourth-order valence-electron chi connectivity index (χ4n) is 4.89. The highest BCUT2D eigenvalue weighted by Gasteiger charge is 2.37. The highest BCUT2D eigenvalue weighted by molar-refractivity contribution is 5.97. The van der Waals surface area contributed by atoms with Crippen LogP contribution in [-0.2, 0) is 4.79 Å². The van der Waals surface area contributed by atoms with Crippen LogP contribution in [0.5, 0.6) is 5.75 Å². The summed E-state index contributed by atoms with van der Waals surface area (Å²) in [7, 11) is 0. The van der Waals surface area contributed by atoms with Crippen LogP contribution in [0.1, 0.15) is 28.8 Å². The quantitative estimate of drug-likeness (QED) is 0.501. The molecule has 5 rings (SSSR count). The Balaban J connectivity index is 1.15. The molecule has 3 heterocycles. The minimum atomic E-state index is -4.74. The topological polar surface area (TPSA) is 88.8 Å². The van der Waals surface area contributed by atoms with Gasteiger partial charge in [-0.1, -0.05) is 12.1 Å². The maximum Gasteiger partial charge on any atom is 0.573 e. The predicted molar refractivity (Wildman–Crippen MR) is 123 cm³/mol. The Bertz CT molecular complexity index is 1270. The number of nitrogens with zero attached hydrogens (tertiary/aromatic N) is 4. The molecule has 3 aromatic rings. The molecule has 2 aliphatic heterocycles. The normalized spacial score (nSPS) is 20.5. The van der Waals surface area contributed by atoms with Gasteiger partial charge in [0.05, 0.1) is 0 Å². The maximum atomic E-state index is 13.0. The second-order valence-electron chi connectivity index (χ2n) is 9.05. The van der Waals surface area contributed by atoms with Gasteiger partial charge in [0.15, 0.2) is 0 Å². The molecule has 0 unspecified atom stereocenters. The van der Waals surface area contributed by atoms with Gasteiger partial charge in [-0.3, -0.25) is 9.59 Å². The van der Waals surface area contributed by atoms with Crippen molar-refractivity contribution in [1.29, 1.82) is 0 Å². The lowest BCUT2D eigenvalue weighted by Crippen LogP contribution is -2.33. The molecule has 1 aromatic heterocycles. The molecule has 36 heavy (non-hydrogen) atoms. The van der Waals surface area contributed by atoms with Gasteiger partial charge in [0, 0.05) is 37.8 Å². The zero-order valence-corrected chi connectivity index (χ0v) is 19.1. The van der Waals surface area contributed by atoms with Gasteiger partial charge in [-0.15, -0.1) is 13.2 Å². The molecule has 0 saturated carbocycles. The molecule has 2 atom stereocenters. The summed E-state index contributed by atoms with van der Waals surface area (Å²) in [5, 5.41) is 7.56. The first-order chi connectivity index (χ1) is 17.2. The monoisotopic (exact) mass is 500 g/mol. The molecule has 11 heteroatoms. The molecule has 2 saturated heterocycles. The zero-order valence-electron chi connectivity index (χ0n) is 19.1. The Kier molecular flexibility index (Phi) is 6.38. The van der Waals surface area contributed by atoms with E-state index >= 15 is 0 Å². The fraction of sp³-hybridized carbons (Fsp3) is 0.360. The molecule has 0 spiro atoms. The number of ether oxygens (including phenoxy) is 1. The number of hydrogen-bond acceptors (Lipinski definition) is 6. The number of alkyl halides is 3. The third-order valence-corrected chi connectivity index (χ3v) is 6.75. The van der Waals surface area contributed by atoms with Crippen LogP contribution >= 0.6 is 0 Å². The van der Waals surface area contributed by atoms with Crippen molar-refractivity contribution in [2.24, 2.45) is 11.8 Å². The van der Waals surface area contributed by atoms with Crippen molar-refractivity contribution >= 4 is 28.9 Å². The second-order valence-corrected chi connectivity index (χ2v) is 9.05. The van der Waals surface area contributed by atoms with Crippen LogP contribution in [0.3, 0.4) is 0 Å². The standard InChI is InChI=1S/C25H23F3N4O4/c26-25(27,28)35-20-5-1-16(2-6-20)3-8-23(33)31-11-9-18-14-32(15-19(18)10-12-31)24(34)17-4-7-21-22(13-17)30-36-29-21/h1-8,13,18-19H,9-12,14-15H2/b8-3+/t18-,19+. The molecule has 2 aromatic carbocycles. The number of carbonyl (C=O) groups is 2. The van der Waals surface area contributed by atoms with E-state index in [0.717, 1.165) is 12.8 Å². The maximum absolute atomic E-state index is 13.0. The zero-order chi connectivity index (χ0) is 25.3. The van der Waals surface area contributed by atoms with E-state index in [9.17, 15) is 22.8 Å². The van der Waals surface area contributed by atoms with Gasteiger partial charge in [0.25, 0.3) is 5.91 Å². The van der Waals surface area contributed by atoms with Crippen molar-refractivity contribution < 1.29 is 32.1 Å². The van der Waals surface area contributed by atoms with Crippen molar-refractivity contribution in [1.82, 2.24) is 20.1 Å². The van der Waals surface area contributed by atoms with Crippen molar-refractivity contribution in [2.75, 3.05) is 26.2 Å². The Morgan fingerprint density at radius 1 is 0.944 bits per heavy atom. The fourth-order valence-corrected chi connectivity index (χ4v) is 4.89.